The second-order valence-corrected chi connectivity index (χ2v) is 18.4. The highest BCUT2D eigenvalue weighted by Crippen LogP contribution is 2.32. The molecular weight excluding hydrogens is 987 g/mol. The van der Waals surface area contributed by atoms with E-state index in [9.17, 15) is 33.6 Å². The number of rotatable bonds is 29. The first kappa shape index (κ1) is 58.6. The Morgan fingerprint density at radius 2 is 1.07 bits per heavy atom. The lowest BCUT2D eigenvalue weighted by atomic mass is 10.1. The minimum atomic E-state index is -0.609. The lowest BCUT2D eigenvalue weighted by Crippen LogP contribution is -2.34. The summed E-state index contributed by atoms with van der Waals surface area (Å²) < 4.78 is 26.9. The Bertz CT molecular complexity index is 2700. The first-order valence-electron chi connectivity index (χ1n) is 24.4. The van der Waals surface area contributed by atoms with Gasteiger partial charge in [-0.25, -0.2) is 9.59 Å². The number of fused-ring (bicyclic) bond motifs is 2. The zero-order valence-corrected chi connectivity index (χ0v) is 42.9. The zero-order chi connectivity index (χ0) is 54.4. The van der Waals surface area contributed by atoms with Crippen molar-refractivity contribution in [2.45, 2.75) is 103 Å². The highest BCUT2D eigenvalue weighted by molar-refractivity contribution is 6.01. The molecule has 412 valence electrons. The number of alkyl carbamates (subject to hydrolysis) is 1. The van der Waals surface area contributed by atoms with Crippen LogP contribution in [0.3, 0.4) is 0 Å². The van der Waals surface area contributed by atoms with E-state index in [4.69, 9.17) is 35.2 Å². The molecule has 4 amide bonds. The molecule has 1 saturated heterocycles. The van der Waals surface area contributed by atoms with Gasteiger partial charge in [0.25, 0.3) is 22.9 Å². The number of amides is 4. The van der Waals surface area contributed by atoms with E-state index in [1.54, 1.807) is 19.3 Å². The largest absolute Gasteiger partial charge is 0.444 e. The van der Waals surface area contributed by atoms with E-state index >= 15 is 0 Å². The number of nitrogens with two attached hydrogens (primary N) is 2. The summed E-state index contributed by atoms with van der Waals surface area (Å²) in [6, 6.07) is 0. The molecule has 0 aromatic carbocycles. The normalized spacial score (nSPS) is 14.8. The van der Waals surface area contributed by atoms with Crippen LogP contribution >= 0.6 is 0 Å². The van der Waals surface area contributed by atoms with Crippen LogP contribution in [0.5, 0.6) is 0 Å². The van der Waals surface area contributed by atoms with Gasteiger partial charge >= 0.3 is 12.1 Å². The van der Waals surface area contributed by atoms with Gasteiger partial charge in [-0.2, -0.15) is 30.4 Å². The van der Waals surface area contributed by atoms with E-state index in [1.165, 1.54) is 0 Å². The quantitative estimate of drug-likeness (QED) is 0.0268. The molecule has 0 spiro atoms. The molecule has 1 fully saturated rings. The van der Waals surface area contributed by atoms with Crippen LogP contribution in [0.2, 0.25) is 0 Å². The monoisotopic (exact) mass is 1060 g/mol. The number of hydrogen-bond donors (Lipinski definition) is 10. The minimum absolute atomic E-state index is 0.0177. The Labute approximate surface area is 429 Å². The van der Waals surface area contributed by atoms with E-state index in [-0.39, 0.29) is 53.8 Å². The second kappa shape index (κ2) is 28.4. The maximum atomic E-state index is 12.0. The number of H-pyrrole nitrogens is 4. The fourth-order valence-corrected chi connectivity index (χ4v) is 6.65. The number of aromatic amines is 4. The molecule has 3 aliphatic rings. The first-order valence-corrected chi connectivity index (χ1v) is 24.4. The van der Waals surface area contributed by atoms with Crippen molar-refractivity contribution < 1.29 is 52.5 Å². The van der Waals surface area contributed by atoms with Crippen molar-refractivity contribution >= 4 is 63.7 Å². The van der Waals surface area contributed by atoms with Gasteiger partial charge in [-0.05, 0) is 45.7 Å². The maximum Gasteiger partial charge on any atom is 0.407 e. The number of anilines is 2. The second-order valence-electron chi connectivity index (χ2n) is 18.4. The molecule has 0 aliphatic carbocycles. The minimum Gasteiger partial charge on any atom is -0.444 e. The smallest absolute Gasteiger partial charge is 0.407 e. The van der Waals surface area contributed by atoms with Crippen LogP contribution in [0.4, 0.5) is 16.7 Å². The molecule has 0 bridgehead atoms. The standard InChI is InChI=1S/C18H28N8O4.C18H30N6O5.C9H11N3O4/c1-18(25-26-18)3-2-13(27)21-5-7-30-9-8-29-6-4-20-10-12-11-22-15-14(12)16(28)24-17(19)23-15;1-18(2,3)29-17(26)21-5-7-28-9-8-27-6-4-20-10-12-11-22-14-13(12)15(25)24-16(19)23-14;1-9(10-11-9)5-4-8(15)16-12-6(13)2-3-7(12)14/h11,20H,2-10H2,1H3,(H,21,27)(H4,19,22,23,24,28);11,20H,4-10H2,1-3H3,(H,21,26)(H4,19,22,23,24,25);2-5H2,1H3. The van der Waals surface area contributed by atoms with Crippen molar-refractivity contribution in [2.24, 2.45) is 20.5 Å². The van der Waals surface area contributed by atoms with E-state index in [2.05, 4.69) is 76.5 Å². The maximum absolute atomic E-state index is 12.0. The van der Waals surface area contributed by atoms with E-state index in [0.29, 0.717) is 139 Å². The van der Waals surface area contributed by atoms with Crippen LogP contribution in [-0.4, -0.2) is 161 Å². The van der Waals surface area contributed by atoms with E-state index < -0.39 is 35.1 Å². The van der Waals surface area contributed by atoms with Crippen LogP contribution < -0.4 is 43.9 Å². The predicted molar refractivity (Wildman–Crippen MR) is 268 cm³/mol. The summed E-state index contributed by atoms with van der Waals surface area (Å²) in [7, 11) is 0. The van der Waals surface area contributed by atoms with Crippen molar-refractivity contribution in [3.8, 4) is 0 Å². The van der Waals surface area contributed by atoms with Gasteiger partial charge in [0, 0.05) is 83.8 Å². The SMILES string of the molecule is CC(C)(C)OC(=O)NCCOCCOCCNCc1c[nH]c2nc(N)[nH]c(=O)c12.CC1(CCC(=O)NCCOCCOCCNCc2c[nH]c3nc(N)[nH]c(=O)c23)N=N1.CC1(CCC(=O)ON2C(=O)CCC2=O)N=N1. The fourth-order valence-electron chi connectivity index (χ4n) is 6.65. The highest BCUT2D eigenvalue weighted by Gasteiger charge is 2.37. The summed E-state index contributed by atoms with van der Waals surface area (Å²) in [6.45, 7) is 15.8. The number of nitrogens with one attached hydrogen (secondary N) is 8. The summed E-state index contributed by atoms with van der Waals surface area (Å²) in [6.07, 6.45) is 4.80. The van der Waals surface area contributed by atoms with Crippen molar-refractivity contribution in [2.75, 3.05) is 90.5 Å². The number of ether oxygens (including phenoxy) is 5. The van der Waals surface area contributed by atoms with Gasteiger partial charge < -0.3 is 71.2 Å². The number of imide groups is 1. The molecule has 3 aliphatic heterocycles. The van der Waals surface area contributed by atoms with Gasteiger partial charge in [-0.15, -0.1) is 5.06 Å². The summed E-state index contributed by atoms with van der Waals surface area (Å²) >= 11 is 0. The first-order chi connectivity index (χ1) is 35.7. The summed E-state index contributed by atoms with van der Waals surface area (Å²) in [4.78, 5) is 104. The molecule has 0 saturated carbocycles. The summed E-state index contributed by atoms with van der Waals surface area (Å²) in [5, 5.41) is 28.6. The van der Waals surface area contributed by atoms with Crippen molar-refractivity contribution in [1.82, 2.24) is 56.2 Å². The number of hydroxylamine groups is 2. The molecule has 7 heterocycles. The third-order valence-corrected chi connectivity index (χ3v) is 10.7. The fraction of sp³-hybridized carbons (Fsp3) is 0.622. The van der Waals surface area contributed by atoms with E-state index in [1.807, 2.05) is 27.7 Å². The van der Waals surface area contributed by atoms with Crippen LogP contribution in [-0.2, 0) is 60.8 Å². The van der Waals surface area contributed by atoms with Crippen molar-refractivity contribution in [3.05, 3.63) is 44.2 Å². The Balaban J connectivity index is 0.000000217. The average Bonchev–Trinajstić information content (AvgIpc) is 4.11. The number of hydrogen-bond acceptors (Lipinski definition) is 23. The van der Waals surface area contributed by atoms with Gasteiger partial charge in [0.2, 0.25) is 17.8 Å². The average molecular weight is 1060 g/mol. The lowest BCUT2D eigenvalue weighted by Gasteiger charge is -2.19. The summed E-state index contributed by atoms with van der Waals surface area (Å²) in [5.41, 5.74) is 11.8. The topological polar surface area (TPSA) is 417 Å². The number of nitrogen functional groups attached to an aromatic ring is 2. The van der Waals surface area contributed by atoms with Crippen molar-refractivity contribution in [1.29, 1.82) is 0 Å². The van der Waals surface area contributed by atoms with Gasteiger partial charge in [-0.1, -0.05) is 0 Å². The number of aromatic nitrogens is 6. The van der Waals surface area contributed by atoms with Gasteiger partial charge in [0.1, 0.15) is 16.9 Å². The molecular formula is C45H69N17O13. The van der Waals surface area contributed by atoms with Crippen LogP contribution in [0.1, 0.15) is 84.3 Å². The Morgan fingerprint density at radius 1 is 0.640 bits per heavy atom. The van der Waals surface area contributed by atoms with E-state index in [0.717, 1.165) is 11.1 Å². The third kappa shape index (κ3) is 21.3. The molecule has 0 atom stereocenters. The molecule has 4 aromatic rings. The van der Waals surface area contributed by atoms with Crippen LogP contribution in [0.15, 0.2) is 42.4 Å². The van der Waals surface area contributed by atoms with Gasteiger partial charge in [0.15, 0.2) is 11.3 Å². The Kier molecular flexibility index (Phi) is 22.2. The molecule has 7 rings (SSSR count). The molecule has 12 N–H and O–H groups in total. The molecule has 30 nitrogen and oxygen atoms in total. The molecule has 0 unspecified atom stereocenters. The van der Waals surface area contributed by atoms with Gasteiger partial charge in [0.05, 0.1) is 70.0 Å². The van der Waals surface area contributed by atoms with Crippen LogP contribution in [0, 0.1) is 0 Å². The lowest BCUT2D eigenvalue weighted by molar-refractivity contribution is -0.197. The number of carbonyl (C=O) groups is 5. The Hall–Kier alpha value is -7.25. The number of nitrogens with zero attached hydrogens (tertiary/aromatic N) is 7. The zero-order valence-electron chi connectivity index (χ0n) is 42.9. The van der Waals surface area contributed by atoms with Crippen molar-refractivity contribution in [3.63, 3.8) is 0 Å². The predicted octanol–water partition coefficient (Wildman–Crippen LogP) is 1.07. The van der Waals surface area contributed by atoms with Crippen LogP contribution in [0.25, 0.3) is 22.1 Å². The molecule has 4 aromatic heterocycles. The molecule has 75 heavy (non-hydrogen) atoms. The van der Waals surface area contributed by atoms with Gasteiger partial charge in [-0.3, -0.25) is 33.9 Å². The highest BCUT2D eigenvalue weighted by atomic mass is 16.7. The summed E-state index contributed by atoms with van der Waals surface area (Å²) in [5.74, 6) is -1.39. The molecule has 30 heteroatoms. The third-order valence-electron chi connectivity index (χ3n) is 10.7. The molecule has 0 radical (unpaired) electrons. The number of carbonyl (C=O) groups excluding carboxylic acids is 5. The Morgan fingerprint density at radius 3 is 1.51 bits per heavy atom.